The van der Waals surface area contributed by atoms with E-state index in [0.717, 1.165) is 19.4 Å². The number of hydrogen-bond donors (Lipinski definition) is 1. The van der Waals surface area contributed by atoms with Crippen LogP contribution in [0.2, 0.25) is 0 Å². The van der Waals surface area contributed by atoms with E-state index in [1.165, 1.54) is 0 Å². The van der Waals surface area contributed by atoms with E-state index in [1.54, 1.807) is 25.2 Å². The Morgan fingerprint density at radius 3 is 1.61 bits per heavy atom. The lowest BCUT2D eigenvalue weighted by Gasteiger charge is -2.03. The summed E-state index contributed by atoms with van der Waals surface area (Å²) < 4.78 is 5.09. The predicted octanol–water partition coefficient (Wildman–Crippen LogP) is 4.76. The van der Waals surface area contributed by atoms with Crippen molar-refractivity contribution in [3.63, 3.8) is 0 Å². The first-order chi connectivity index (χ1) is 8.51. The van der Waals surface area contributed by atoms with Crippen molar-refractivity contribution >= 4 is 0 Å². The van der Waals surface area contributed by atoms with Crippen LogP contribution in [0.15, 0.2) is 38.0 Å². The maximum Gasteiger partial charge on any atom is 0.0745 e. The van der Waals surface area contributed by atoms with Gasteiger partial charge in [-0.2, -0.15) is 0 Å². The lowest BCUT2D eigenvalue weighted by Crippen LogP contribution is -2.10. The molecular formula is C16H34O2. The number of allylic oxidation sites excluding steroid dienone is 3. The number of aliphatic hydroxyl groups excluding tert-OH is 1. The summed E-state index contributed by atoms with van der Waals surface area (Å²) in [5.74, 6) is 0. The summed E-state index contributed by atoms with van der Waals surface area (Å²) in [7, 11) is 0. The molecule has 0 spiro atoms. The van der Waals surface area contributed by atoms with Crippen molar-refractivity contribution in [2.24, 2.45) is 0 Å². The molecule has 2 nitrogen and oxygen atoms in total. The van der Waals surface area contributed by atoms with Gasteiger partial charge in [0.25, 0.3) is 0 Å². The van der Waals surface area contributed by atoms with E-state index in [-0.39, 0.29) is 6.10 Å². The van der Waals surface area contributed by atoms with Gasteiger partial charge in [-0.1, -0.05) is 31.6 Å². The highest BCUT2D eigenvalue weighted by Crippen LogP contribution is 1.89. The lowest BCUT2D eigenvalue weighted by atomic mass is 10.4. The van der Waals surface area contributed by atoms with Gasteiger partial charge in [0.05, 0.1) is 12.7 Å². The van der Waals surface area contributed by atoms with Gasteiger partial charge < -0.3 is 9.84 Å². The van der Waals surface area contributed by atoms with Crippen molar-refractivity contribution < 1.29 is 9.84 Å². The highest BCUT2D eigenvalue weighted by Gasteiger charge is 1.92. The molecule has 0 saturated carbocycles. The molecule has 1 N–H and O–H groups in total. The Hall–Kier alpha value is -0.860. The molecule has 0 fully saturated rings. The van der Waals surface area contributed by atoms with Crippen molar-refractivity contribution in [2.75, 3.05) is 13.2 Å². The fourth-order valence-corrected chi connectivity index (χ4v) is 0.500. The van der Waals surface area contributed by atoms with Crippen LogP contribution < -0.4 is 0 Å². The molecule has 1 unspecified atom stereocenters. The van der Waals surface area contributed by atoms with Gasteiger partial charge in [-0.15, -0.1) is 19.7 Å². The minimum absolute atomic E-state index is 0.318. The highest BCUT2D eigenvalue weighted by atomic mass is 16.5. The van der Waals surface area contributed by atoms with Crippen molar-refractivity contribution in [2.45, 2.75) is 53.6 Å². The summed E-state index contributed by atoms with van der Waals surface area (Å²) in [6.45, 7) is 20.8. The second kappa shape index (κ2) is 36.0. The molecule has 0 aliphatic heterocycles. The van der Waals surface area contributed by atoms with Crippen LogP contribution in [0.3, 0.4) is 0 Å². The summed E-state index contributed by atoms with van der Waals surface area (Å²) in [4.78, 5) is 0. The average molecular weight is 258 g/mol. The van der Waals surface area contributed by atoms with E-state index in [0.29, 0.717) is 6.61 Å². The summed E-state index contributed by atoms with van der Waals surface area (Å²) >= 11 is 0. The number of unbranched alkanes of at least 4 members (excludes halogenated alkanes) is 1. The van der Waals surface area contributed by atoms with Crippen LogP contribution >= 0.6 is 0 Å². The quantitative estimate of drug-likeness (QED) is 0.569. The predicted molar refractivity (Wildman–Crippen MR) is 85.0 cm³/mol. The van der Waals surface area contributed by atoms with Crippen LogP contribution in [0.25, 0.3) is 0 Å². The van der Waals surface area contributed by atoms with Crippen molar-refractivity contribution in [3.05, 3.63) is 38.0 Å². The second-order valence-corrected chi connectivity index (χ2v) is 3.50. The van der Waals surface area contributed by atoms with Crippen LogP contribution in [-0.2, 0) is 4.74 Å². The van der Waals surface area contributed by atoms with E-state index in [4.69, 9.17) is 9.84 Å². The van der Waals surface area contributed by atoms with Crippen LogP contribution in [-0.4, -0.2) is 24.4 Å². The van der Waals surface area contributed by atoms with E-state index >= 15 is 0 Å². The zero-order chi connectivity index (χ0) is 15.2. The Kier molecular flexibility index (Phi) is 51.7. The maximum atomic E-state index is 8.73. The minimum atomic E-state index is -0.318. The largest absolute Gasteiger partial charge is 0.391 e. The third-order valence-electron chi connectivity index (χ3n) is 1.00. The van der Waals surface area contributed by atoms with Crippen LogP contribution in [0.4, 0.5) is 0 Å². The van der Waals surface area contributed by atoms with Crippen LogP contribution in [0.1, 0.15) is 47.5 Å². The zero-order valence-electron chi connectivity index (χ0n) is 13.1. The van der Waals surface area contributed by atoms with Gasteiger partial charge in [-0.25, -0.2) is 0 Å². The van der Waals surface area contributed by atoms with Crippen molar-refractivity contribution in [1.29, 1.82) is 0 Å². The normalized spacial score (nSPS) is 9.00. The van der Waals surface area contributed by atoms with Gasteiger partial charge in [0.15, 0.2) is 0 Å². The number of rotatable bonds is 5. The topological polar surface area (TPSA) is 29.5 Å². The third-order valence-corrected chi connectivity index (χ3v) is 1.00. The van der Waals surface area contributed by atoms with Crippen LogP contribution in [0, 0.1) is 0 Å². The van der Waals surface area contributed by atoms with Gasteiger partial charge in [-0.3, -0.25) is 0 Å². The molecule has 0 aliphatic rings. The molecule has 0 bridgehead atoms. The molecule has 0 aromatic heterocycles. The van der Waals surface area contributed by atoms with Crippen LogP contribution in [0.5, 0.6) is 0 Å². The molecule has 0 aliphatic carbocycles. The Morgan fingerprint density at radius 1 is 1.06 bits per heavy atom. The van der Waals surface area contributed by atoms with E-state index in [1.807, 2.05) is 20.8 Å². The average Bonchev–Trinajstić information content (AvgIpc) is 2.27. The summed E-state index contributed by atoms with van der Waals surface area (Å²) in [6.07, 6.45) is 7.17. The van der Waals surface area contributed by atoms with E-state index in [9.17, 15) is 0 Å². The number of hydrogen-bond acceptors (Lipinski definition) is 2. The molecule has 0 amide bonds. The monoisotopic (exact) mass is 258 g/mol. The summed E-state index contributed by atoms with van der Waals surface area (Å²) in [5.41, 5.74) is 0. The molecule has 0 aromatic rings. The fourth-order valence-electron chi connectivity index (χ4n) is 0.500. The van der Waals surface area contributed by atoms with Gasteiger partial charge in [0.2, 0.25) is 0 Å². The summed E-state index contributed by atoms with van der Waals surface area (Å²) in [5, 5.41) is 8.73. The molecule has 0 heterocycles. The Labute approximate surface area is 115 Å². The molecule has 110 valence electrons. The van der Waals surface area contributed by atoms with E-state index < -0.39 is 0 Å². The molecule has 0 radical (unpaired) electrons. The lowest BCUT2D eigenvalue weighted by molar-refractivity contribution is 0.0450. The maximum absolute atomic E-state index is 8.73. The fraction of sp³-hybridized carbons (Fsp3) is 0.625. The number of ether oxygens (including phenoxy) is 1. The summed E-state index contributed by atoms with van der Waals surface area (Å²) in [6, 6.07) is 0. The molecule has 1 atom stereocenters. The Morgan fingerprint density at radius 2 is 1.39 bits per heavy atom. The standard InChI is InChI=1S/C7H16O2.3C3H6/c1-3-4-5-9-6-7(2)8;3*1-3-2/h7-8H,3-6H2,1-2H3;3*3H,1H2,2H3. The SMILES string of the molecule is C=CC.C=CC.C=CC.CCCCOCC(C)O. The highest BCUT2D eigenvalue weighted by molar-refractivity contribution is 4.52. The smallest absolute Gasteiger partial charge is 0.0745 e. The van der Waals surface area contributed by atoms with Crippen molar-refractivity contribution in [1.82, 2.24) is 0 Å². The zero-order valence-corrected chi connectivity index (χ0v) is 13.1. The van der Waals surface area contributed by atoms with Gasteiger partial charge in [-0.05, 0) is 34.1 Å². The molecule has 0 saturated heterocycles. The molecule has 18 heavy (non-hydrogen) atoms. The van der Waals surface area contributed by atoms with Gasteiger partial charge in [0.1, 0.15) is 0 Å². The first-order valence-electron chi connectivity index (χ1n) is 6.49. The van der Waals surface area contributed by atoms with Gasteiger partial charge >= 0.3 is 0 Å². The Balaban J connectivity index is -0.0000000902. The molecular weight excluding hydrogens is 224 g/mol. The first kappa shape index (κ1) is 25.9. The minimum Gasteiger partial charge on any atom is -0.391 e. The molecule has 0 rings (SSSR count). The van der Waals surface area contributed by atoms with E-state index in [2.05, 4.69) is 26.7 Å². The number of aliphatic hydroxyl groups is 1. The second-order valence-electron chi connectivity index (χ2n) is 3.50. The third kappa shape index (κ3) is 115. The molecule has 2 heteroatoms. The first-order valence-corrected chi connectivity index (χ1v) is 6.49. The van der Waals surface area contributed by atoms with Crippen molar-refractivity contribution in [3.8, 4) is 0 Å². The van der Waals surface area contributed by atoms with Gasteiger partial charge in [0, 0.05) is 6.61 Å². The molecule has 0 aromatic carbocycles. The Bertz CT molecular complexity index is 126.